The van der Waals surface area contributed by atoms with E-state index in [1.54, 1.807) is 18.2 Å². The number of hydrogen-bond donors (Lipinski definition) is 1. The zero-order chi connectivity index (χ0) is 13.4. The minimum absolute atomic E-state index is 0.400. The van der Waals surface area contributed by atoms with Crippen molar-refractivity contribution in [3.63, 3.8) is 0 Å². The standard InChI is InChI=1S/C13H15ClN4O/c1-9-7-17(5-4-15-9)13-8-18(19)12-6-10(14)2-3-11(12)16-13/h2-3,6,8-9,15H,4-5,7H2,1H3. The number of aromatic nitrogens is 2. The van der Waals surface area contributed by atoms with Crippen molar-refractivity contribution in [1.82, 2.24) is 10.3 Å². The average molecular weight is 279 g/mol. The summed E-state index contributed by atoms with van der Waals surface area (Å²) in [7, 11) is 0. The predicted molar refractivity (Wildman–Crippen MR) is 75.4 cm³/mol. The third kappa shape index (κ3) is 2.43. The van der Waals surface area contributed by atoms with E-state index in [1.807, 2.05) is 0 Å². The molecular weight excluding hydrogens is 264 g/mol. The van der Waals surface area contributed by atoms with E-state index in [9.17, 15) is 5.21 Å². The Bertz CT molecular complexity index is 619. The molecule has 1 aliphatic heterocycles. The van der Waals surface area contributed by atoms with E-state index in [1.165, 1.54) is 6.20 Å². The lowest BCUT2D eigenvalue weighted by atomic mass is 10.2. The molecule has 2 aromatic rings. The number of halogens is 1. The highest BCUT2D eigenvalue weighted by molar-refractivity contribution is 6.31. The number of hydrogen-bond acceptors (Lipinski definition) is 4. The zero-order valence-electron chi connectivity index (χ0n) is 10.6. The van der Waals surface area contributed by atoms with Gasteiger partial charge >= 0.3 is 0 Å². The molecule has 0 saturated carbocycles. The molecular formula is C13H15ClN4O. The normalized spacial score (nSPS) is 19.9. The van der Waals surface area contributed by atoms with Crippen LogP contribution in [-0.4, -0.2) is 30.7 Å². The van der Waals surface area contributed by atoms with Crippen LogP contribution < -0.4 is 14.9 Å². The number of anilines is 1. The molecule has 1 fully saturated rings. The number of nitrogens with zero attached hydrogens (tertiary/aromatic N) is 3. The van der Waals surface area contributed by atoms with Gasteiger partial charge in [0.15, 0.2) is 5.82 Å². The van der Waals surface area contributed by atoms with Crippen LogP contribution in [0.15, 0.2) is 24.4 Å². The first kappa shape index (κ1) is 12.4. The van der Waals surface area contributed by atoms with Gasteiger partial charge in [-0.05, 0) is 19.1 Å². The Balaban J connectivity index is 2.03. The van der Waals surface area contributed by atoms with Crippen molar-refractivity contribution in [2.24, 2.45) is 0 Å². The molecule has 1 unspecified atom stereocenters. The monoisotopic (exact) mass is 278 g/mol. The third-order valence-electron chi connectivity index (χ3n) is 3.34. The molecule has 0 bridgehead atoms. The van der Waals surface area contributed by atoms with E-state index < -0.39 is 0 Å². The first-order valence-corrected chi connectivity index (χ1v) is 6.69. The van der Waals surface area contributed by atoms with Gasteiger partial charge in [0, 0.05) is 36.8 Å². The fraction of sp³-hybridized carbons (Fsp3) is 0.385. The largest absolute Gasteiger partial charge is 0.618 e. The van der Waals surface area contributed by atoms with E-state index in [0.29, 0.717) is 22.1 Å². The summed E-state index contributed by atoms with van der Waals surface area (Å²) in [4.78, 5) is 6.68. The van der Waals surface area contributed by atoms with Crippen LogP contribution in [0.4, 0.5) is 5.82 Å². The fourth-order valence-corrected chi connectivity index (χ4v) is 2.55. The highest BCUT2D eigenvalue weighted by atomic mass is 35.5. The topological polar surface area (TPSA) is 55.1 Å². The van der Waals surface area contributed by atoms with Gasteiger partial charge in [0.05, 0.1) is 0 Å². The van der Waals surface area contributed by atoms with E-state index >= 15 is 0 Å². The molecule has 1 aromatic carbocycles. The van der Waals surface area contributed by atoms with Crippen molar-refractivity contribution in [2.75, 3.05) is 24.5 Å². The number of benzene rings is 1. The fourth-order valence-electron chi connectivity index (χ4n) is 2.39. The van der Waals surface area contributed by atoms with Crippen molar-refractivity contribution >= 4 is 28.5 Å². The Morgan fingerprint density at radius 2 is 2.37 bits per heavy atom. The van der Waals surface area contributed by atoms with Crippen LogP contribution in [0.5, 0.6) is 0 Å². The SMILES string of the molecule is CC1CN(c2c[n+]([O-])c3cc(Cl)ccc3n2)CCN1. The molecule has 0 radical (unpaired) electrons. The lowest BCUT2D eigenvalue weighted by molar-refractivity contribution is -0.576. The van der Waals surface area contributed by atoms with Crippen LogP contribution in [0.2, 0.25) is 5.02 Å². The number of nitrogens with one attached hydrogen (secondary N) is 1. The molecule has 2 heterocycles. The van der Waals surface area contributed by atoms with Crippen molar-refractivity contribution < 1.29 is 4.73 Å². The molecule has 1 N–H and O–H groups in total. The molecule has 1 saturated heterocycles. The Labute approximate surface area is 116 Å². The van der Waals surface area contributed by atoms with Gasteiger partial charge in [-0.2, -0.15) is 4.73 Å². The van der Waals surface area contributed by atoms with Gasteiger partial charge in [0.25, 0.3) is 0 Å². The first-order chi connectivity index (χ1) is 9.13. The summed E-state index contributed by atoms with van der Waals surface area (Å²) in [6.45, 7) is 4.74. The highest BCUT2D eigenvalue weighted by Crippen LogP contribution is 2.18. The average Bonchev–Trinajstić information content (AvgIpc) is 2.39. The Morgan fingerprint density at radius 3 is 3.16 bits per heavy atom. The number of piperazine rings is 1. The van der Waals surface area contributed by atoms with Crippen LogP contribution in [0.1, 0.15) is 6.92 Å². The van der Waals surface area contributed by atoms with Crippen molar-refractivity contribution in [2.45, 2.75) is 13.0 Å². The van der Waals surface area contributed by atoms with Gasteiger partial charge in [0.2, 0.25) is 11.7 Å². The summed E-state index contributed by atoms with van der Waals surface area (Å²) < 4.78 is 0.843. The summed E-state index contributed by atoms with van der Waals surface area (Å²) >= 11 is 5.90. The molecule has 1 aliphatic rings. The molecule has 1 atom stereocenters. The molecule has 100 valence electrons. The van der Waals surface area contributed by atoms with Crippen LogP contribution in [0.25, 0.3) is 11.0 Å². The van der Waals surface area contributed by atoms with E-state index in [-0.39, 0.29) is 0 Å². The Hall–Kier alpha value is -1.59. The molecule has 5 nitrogen and oxygen atoms in total. The second-order valence-electron chi connectivity index (χ2n) is 4.86. The van der Waals surface area contributed by atoms with E-state index in [0.717, 1.165) is 30.2 Å². The summed E-state index contributed by atoms with van der Waals surface area (Å²) in [5.41, 5.74) is 1.17. The first-order valence-electron chi connectivity index (χ1n) is 6.31. The van der Waals surface area contributed by atoms with Gasteiger partial charge < -0.3 is 15.4 Å². The second kappa shape index (κ2) is 4.83. The molecule has 0 amide bonds. The predicted octanol–water partition coefficient (Wildman–Crippen LogP) is 1.32. The molecule has 0 spiro atoms. The highest BCUT2D eigenvalue weighted by Gasteiger charge is 2.20. The summed E-state index contributed by atoms with van der Waals surface area (Å²) in [6, 6.07) is 5.57. The quantitative estimate of drug-likeness (QED) is 0.631. The molecule has 1 aromatic heterocycles. The number of rotatable bonds is 1. The Kier molecular flexibility index (Phi) is 3.16. The third-order valence-corrected chi connectivity index (χ3v) is 3.57. The van der Waals surface area contributed by atoms with Gasteiger partial charge in [0.1, 0.15) is 5.52 Å². The minimum atomic E-state index is 0.400. The van der Waals surface area contributed by atoms with Crippen LogP contribution in [0.3, 0.4) is 0 Å². The lowest BCUT2D eigenvalue weighted by Crippen LogP contribution is -2.50. The van der Waals surface area contributed by atoms with Crippen molar-refractivity contribution in [3.8, 4) is 0 Å². The van der Waals surface area contributed by atoms with Crippen LogP contribution >= 0.6 is 11.6 Å². The summed E-state index contributed by atoms with van der Waals surface area (Å²) in [5, 5.41) is 16.0. The lowest BCUT2D eigenvalue weighted by Gasteiger charge is -2.32. The minimum Gasteiger partial charge on any atom is -0.618 e. The van der Waals surface area contributed by atoms with Gasteiger partial charge in [-0.3, -0.25) is 0 Å². The van der Waals surface area contributed by atoms with Crippen LogP contribution in [0, 0.1) is 5.21 Å². The summed E-state index contributed by atoms with van der Waals surface area (Å²) in [6.07, 6.45) is 1.52. The van der Waals surface area contributed by atoms with Gasteiger partial charge in [-0.25, -0.2) is 4.98 Å². The molecule has 19 heavy (non-hydrogen) atoms. The molecule has 6 heteroatoms. The zero-order valence-corrected chi connectivity index (χ0v) is 11.4. The second-order valence-corrected chi connectivity index (χ2v) is 5.30. The van der Waals surface area contributed by atoms with Crippen molar-refractivity contribution in [1.29, 1.82) is 0 Å². The van der Waals surface area contributed by atoms with Gasteiger partial charge in [-0.1, -0.05) is 11.6 Å². The maximum Gasteiger partial charge on any atom is 0.244 e. The maximum atomic E-state index is 12.1. The van der Waals surface area contributed by atoms with Gasteiger partial charge in [-0.15, -0.1) is 0 Å². The summed E-state index contributed by atoms with van der Waals surface area (Å²) in [5.74, 6) is 0.721. The van der Waals surface area contributed by atoms with Crippen LogP contribution in [-0.2, 0) is 0 Å². The van der Waals surface area contributed by atoms with E-state index in [2.05, 4.69) is 22.1 Å². The molecule has 3 rings (SSSR count). The smallest absolute Gasteiger partial charge is 0.244 e. The maximum absolute atomic E-state index is 12.1. The molecule has 0 aliphatic carbocycles. The number of fused-ring (bicyclic) bond motifs is 1. The van der Waals surface area contributed by atoms with Crippen molar-refractivity contribution in [3.05, 3.63) is 34.6 Å². The Morgan fingerprint density at radius 1 is 1.53 bits per heavy atom. The van der Waals surface area contributed by atoms with E-state index in [4.69, 9.17) is 11.6 Å².